The van der Waals surface area contributed by atoms with Crippen LogP contribution in [0.25, 0.3) is 0 Å². The maximum absolute atomic E-state index is 5.95. The van der Waals surface area contributed by atoms with Crippen molar-refractivity contribution in [2.45, 2.75) is 32.7 Å². The number of halogens is 1. The molecule has 0 atom stereocenters. The van der Waals surface area contributed by atoms with Gasteiger partial charge in [-0.25, -0.2) is 4.99 Å². The van der Waals surface area contributed by atoms with Crippen molar-refractivity contribution >= 4 is 47.0 Å². The Morgan fingerprint density at radius 1 is 1.23 bits per heavy atom. The van der Waals surface area contributed by atoms with Crippen LogP contribution in [-0.2, 0) is 13.0 Å². The Balaban J connectivity index is 0.00000243. The highest BCUT2D eigenvalue weighted by molar-refractivity contribution is 14.0. The average Bonchev–Trinajstić information content (AvgIpc) is 3.15. The topological polar surface area (TPSA) is 53.6 Å². The van der Waals surface area contributed by atoms with E-state index in [9.17, 15) is 0 Å². The molecular weight excluding hydrogens is 455 g/mol. The van der Waals surface area contributed by atoms with Gasteiger partial charge in [0, 0.05) is 30.2 Å². The van der Waals surface area contributed by atoms with E-state index < -0.39 is 0 Å². The van der Waals surface area contributed by atoms with Crippen molar-refractivity contribution in [1.29, 1.82) is 0 Å². The Labute approximate surface area is 177 Å². The summed E-state index contributed by atoms with van der Waals surface area (Å²) in [6.45, 7) is 6.12. The van der Waals surface area contributed by atoms with Crippen LogP contribution in [0.15, 0.2) is 46.8 Å². The van der Waals surface area contributed by atoms with Crippen LogP contribution in [-0.4, -0.2) is 25.6 Å². The summed E-state index contributed by atoms with van der Waals surface area (Å²) < 4.78 is 0. The minimum atomic E-state index is 0. The fourth-order valence-electron chi connectivity index (χ4n) is 3.08. The van der Waals surface area contributed by atoms with E-state index in [1.807, 2.05) is 0 Å². The molecule has 26 heavy (non-hydrogen) atoms. The molecule has 0 aliphatic carbocycles. The van der Waals surface area contributed by atoms with Crippen molar-refractivity contribution in [3.63, 3.8) is 0 Å². The highest BCUT2D eigenvalue weighted by Gasteiger charge is 2.15. The van der Waals surface area contributed by atoms with E-state index in [4.69, 9.17) is 5.73 Å². The second-order valence-electron chi connectivity index (χ2n) is 6.79. The van der Waals surface area contributed by atoms with Crippen LogP contribution in [0.4, 0.5) is 5.69 Å². The summed E-state index contributed by atoms with van der Waals surface area (Å²) in [7, 11) is 0. The molecule has 2 aromatic rings. The van der Waals surface area contributed by atoms with E-state index >= 15 is 0 Å². The lowest BCUT2D eigenvalue weighted by molar-refractivity contribution is 0.438. The first kappa shape index (κ1) is 21.0. The van der Waals surface area contributed by atoms with E-state index in [0.717, 1.165) is 18.9 Å². The zero-order valence-electron chi connectivity index (χ0n) is 15.4. The molecule has 4 nitrogen and oxygen atoms in total. The van der Waals surface area contributed by atoms with Crippen LogP contribution in [0, 0.1) is 5.92 Å². The highest BCUT2D eigenvalue weighted by atomic mass is 127. The Morgan fingerprint density at radius 3 is 2.62 bits per heavy atom. The van der Waals surface area contributed by atoms with Crippen molar-refractivity contribution in [1.82, 2.24) is 5.32 Å². The molecule has 1 fully saturated rings. The van der Waals surface area contributed by atoms with Crippen molar-refractivity contribution in [2.24, 2.45) is 16.6 Å². The van der Waals surface area contributed by atoms with E-state index in [1.54, 1.807) is 11.3 Å². The number of thiophene rings is 1. The number of nitrogens with zero attached hydrogens (tertiary/aromatic N) is 2. The number of nitrogens with one attached hydrogen (secondary N) is 1. The number of rotatable bonds is 6. The molecule has 0 amide bonds. The first-order valence-corrected chi connectivity index (χ1v) is 9.99. The minimum Gasteiger partial charge on any atom is -0.372 e. The fourth-order valence-corrected chi connectivity index (χ4v) is 3.79. The molecule has 0 bridgehead atoms. The molecule has 0 radical (unpaired) electrons. The van der Waals surface area contributed by atoms with Gasteiger partial charge >= 0.3 is 0 Å². The molecule has 1 aliphatic rings. The number of hydrogen-bond donors (Lipinski definition) is 2. The molecule has 0 saturated carbocycles. The van der Waals surface area contributed by atoms with Crippen molar-refractivity contribution in [2.75, 3.05) is 24.5 Å². The fraction of sp³-hybridized carbons (Fsp3) is 0.450. The van der Waals surface area contributed by atoms with Gasteiger partial charge in [0.25, 0.3) is 0 Å². The Hall–Kier alpha value is -1.28. The Bertz CT molecular complexity index is 662. The van der Waals surface area contributed by atoms with Gasteiger partial charge in [0.1, 0.15) is 0 Å². The van der Waals surface area contributed by atoms with E-state index in [1.165, 1.54) is 42.1 Å². The Morgan fingerprint density at radius 2 is 1.96 bits per heavy atom. The molecule has 2 heterocycles. The van der Waals surface area contributed by atoms with E-state index in [0.29, 0.717) is 12.5 Å². The lowest BCUT2D eigenvalue weighted by atomic mass is 9.99. The quantitative estimate of drug-likeness (QED) is 0.366. The second-order valence-corrected chi connectivity index (χ2v) is 7.83. The highest BCUT2D eigenvalue weighted by Crippen LogP contribution is 2.23. The molecule has 1 aliphatic heterocycles. The molecule has 3 N–H and O–H groups in total. The average molecular weight is 484 g/mol. The molecule has 1 aromatic heterocycles. The van der Waals surface area contributed by atoms with Crippen molar-refractivity contribution < 1.29 is 0 Å². The van der Waals surface area contributed by atoms with Gasteiger partial charge in [-0.1, -0.05) is 25.1 Å². The monoisotopic (exact) mass is 484 g/mol. The first-order chi connectivity index (χ1) is 12.2. The van der Waals surface area contributed by atoms with Crippen LogP contribution in [0.2, 0.25) is 0 Å². The Kier molecular flexibility index (Phi) is 8.71. The summed E-state index contributed by atoms with van der Waals surface area (Å²) >= 11 is 1.77. The predicted molar refractivity (Wildman–Crippen MR) is 124 cm³/mol. The number of hydrogen-bond acceptors (Lipinski definition) is 3. The van der Waals surface area contributed by atoms with Crippen LogP contribution in [0.3, 0.4) is 0 Å². The van der Waals surface area contributed by atoms with Gasteiger partial charge in [0.2, 0.25) is 0 Å². The minimum absolute atomic E-state index is 0. The number of piperidine rings is 1. The second kappa shape index (κ2) is 10.8. The van der Waals surface area contributed by atoms with Crippen LogP contribution >= 0.6 is 35.3 Å². The molecule has 1 saturated heterocycles. The molecule has 1 aromatic carbocycles. The maximum Gasteiger partial charge on any atom is 0.188 e. The summed E-state index contributed by atoms with van der Waals surface area (Å²) in [6.07, 6.45) is 3.57. The van der Waals surface area contributed by atoms with Gasteiger partial charge in [0.15, 0.2) is 5.96 Å². The van der Waals surface area contributed by atoms with Crippen LogP contribution in [0.1, 0.15) is 30.2 Å². The third kappa shape index (κ3) is 6.46. The number of nitrogens with two attached hydrogens (primary N) is 1. The number of aliphatic imine (C=N–C) groups is 1. The molecule has 142 valence electrons. The molecule has 0 spiro atoms. The van der Waals surface area contributed by atoms with Crippen LogP contribution < -0.4 is 16.0 Å². The SMILES string of the molecule is CC1CCN(c2ccc(CN=C(N)NCCc3cccs3)cc2)CC1.I. The number of guanidine groups is 1. The summed E-state index contributed by atoms with van der Waals surface area (Å²) in [4.78, 5) is 8.28. The van der Waals surface area contributed by atoms with Crippen molar-refractivity contribution in [3.8, 4) is 0 Å². The summed E-state index contributed by atoms with van der Waals surface area (Å²) in [6, 6.07) is 13.0. The number of benzene rings is 1. The number of anilines is 1. The largest absolute Gasteiger partial charge is 0.372 e. The molecular formula is C20H29IN4S. The normalized spacial score (nSPS) is 15.6. The van der Waals surface area contributed by atoms with E-state index in [2.05, 4.69) is 63.9 Å². The van der Waals surface area contributed by atoms with Gasteiger partial charge in [-0.15, -0.1) is 35.3 Å². The smallest absolute Gasteiger partial charge is 0.188 e. The van der Waals surface area contributed by atoms with E-state index in [-0.39, 0.29) is 24.0 Å². The first-order valence-electron chi connectivity index (χ1n) is 9.11. The summed E-state index contributed by atoms with van der Waals surface area (Å²) in [5.74, 6) is 1.38. The van der Waals surface area contributed by atoms with Gasteiger partial charge in [-0.3, -0.25) is 0 Å². The van der Waals surface area contributed by atoms with Crippen LogP contribution in [0.5, 0.6) is 0 Å². The summed E-state index contributed by atoms with van der Waals surface area (Å²) in [5.41, 5.74) is 8.47. The summed E-state index contributed by atoms with van der Waals surface area (Å²) in [5, 5.41) is 5.28. The zero-order valence-corrected chi connectivity index (χ0v) is 18.5. The van der Waals surface area contributed by atoms with Crippen molar-refractivity contribution in [3.05, 3.63) is 52.2 Å². The maximum atomic E-state index is 5.95. The third-order valence-electron chi connectivity index (χ3n) is 4.77. The predicted octanol–water partition coefficient (Wildman–Crippen LogP) is 4.25. The zero-order chi connectivity index (χ0) is 17.5. The molecule has 3 rings (SSSR count). The third-order valence-corrected chi connectivity index (χ3v) is 5.71. The molecule has 6 heteroatoms. The van der Waals surface area contributed by atoms with Gasteiger partial charge in [0.05, 0.1) is 6.54 Å². The lowest BCUT2D eigenvalue weighted by Crippen LogP contribution is -2.33. The van der Waals surface area contributed by atoms with Gasteiger partial charge < -0.3 is 16.0 Å². The standard InChI is InChI=1S/C20H28N4S.HI/c1-16-9-12-24(13-10-16)18-6-4-17(5-7-18)15-23-20(21)22-11-8-19-3-2-14-25-19;/h2-7,14,16H,8-13,15H2,1H3,(H3,21,22,23);1H. The van der Waals surface area contributed by atoms with Gasteiger partial charge in [-0.2, -0.15) is 0 Å². The van der Waals surface area contributed by atoms with Gasteiger partial charge in [-0.05, 0) is 54.3 Å². The molecule has 0 unspecified atom stereocenters. The lowest BCUT2D eigenvalue weighted by Gasteiger charge is -2.32.